The number of amides is 1. The summed E-state index contributed by atoms with van der Waals surface area (Å²) in [6.45, 7) is 3.89. The first-order chi connectivity index (χ1) is 9.52. The number of thiazole rings is 1. The SMILES string of the molecule is CCc1cnc(C(C)NC(=O)c2cccc(Br)c2F)s1. The quantitative estimate of drug-likeness (QED) is 0.895. The third-order valence-electron chi connectivity index (χ3n) is 2.83. The van der Waals surface area contributed by atoms with Crippen LogP contribution in [0.1, 0.15) is 40.1 Å². The Kier molecular flexibility index (Phi) is 4.88. The average molecular weight is 357 g/mol. The Hall–Kier alpha value is -1.27. The van der Waals surface area contributed by atoms with Gasteiger partial charge in [0.15, 0.2) is 0 Å². The highest BCUT2D eigenvalue weighted by molar-refractivity contribution is 9.10. The van der Waals surface area contributed by atoms with Gasteiger partial charge in [-0.15, -0.1) is 11.3 Å². The van der Waals surface area contributed by atoms with Gasteiger partial charge in [-0.05, 0) is 41.4 Å². The van der Waals surface area contributed by atoms with Crippen molar-refractivity contribution < 1.29 is 9.18 Å². The molecule has 0 saturated carbocycles. The van der Waals surface area contributed by atoms with E-state index in [1.807, 2.05) is 13.1 Å². The van der Waals surface area contributed by atoms with E-state index in [1.54, 1.807) is 23.5 Å². The maximum Gasteiger partial charge on any atom is 0.254 e. The Morgan fingerprint density at radius 3 is 2.95 bits per heavy atom. The first kappa shape index (κ1) is 15.1. The van der Waals surface area contributed by atoms with Crippen LogP contribution in [0.3, 0.4) is 0 Å². The predicted molar refractivity (Wildman–Crippen MR) is 81.5 cm³/mol. The van der Waals surface area contributed by atoms with Crippen molar-refractivity contribution in [3.8, 4) is 0 Å². The van der Waals surface area contributed by atoms with Crippen molar-refractivity contribution in [3.63, 3.8) is 0 Å². The van der Waals surface area contributed by atoms with Gasteiger partial charge in [0.05, 0.1) is 16.1 Å². The summed E-state index contributed by atoms with van der Waals surface area (Å²) < 4.78 is 14.1. The Morgan fingerprint density at radius 1 is 1.55 bits per heavy atom. The van der Waals surface area contributed by atoms with Gasteiger partial charge < -0.3 is 5.32 Å². The molecule has 1 N–H and O–H groups in total. The minimum absolute atomic E-state index is 0.0264. The molecule has 0 aliphatic carbocycles. The first-order valence-corrected chi connectivity index (χ1v) is 7.83. The minimum atomic E-state index is -0.550. The Labute approximate surface area is 129 Å². The number of hydrogen-bond acceptors (Lipinski definition) is 3. The zero-order valence-corrected chi connectivity index (χ0v) is 13.5. The van der Waals surface area contributed by atoms with Gasteiger partial charge in [-0.25, -0.2) is 9.37 Å². The lowest BCUT2D eigenvalue weighted by atomic mass is 10.2. The second kappa shape index (κ2) is 6.45. The van der Waals surface area contributed by atoms with Gasteiger partial charge in [-0.1, -0.05) is 13.0 Å². The molecule has 106 valence electrons. The average Bonchev–Trinajstić information content (AvgIpc) is 2.90. The molecule has 2 aromatic rings. The van der Waals surface area contributed by atoms with E-state index in [1.165, 1.54) is 6.07 Å². The molecule has 6 heteroatoms. The topological polar surface area (TPSA) is 42.0 Å². The molecule has 1 amide bonds. The highest BCUT2D eigenvalue weighted by Gasteiger charge is 2.18. The molecule has 0 spiro atoms. The van der Waals surface area contributed by atoms with Crippen LogP contribution < -0.4 is 5.32 Å². The fourth-order valence-corrected chi connectivity index (χ4v) is 2.93. The van der Waals surface area contributed by atoms with Gasteiger partial charge in [0, 0.05) is 11.1 Å². The molecule has 0 fully saturated rings. The summed E-state index contributed by atoms with van der Waals surface area (Å²) in [5.41, 5.74) is 0.0264. The van der Waals surface area contributed by atoms with Crippen LogP contribution in [0, 0.1) is 5.82 Å². The predicted octanol–water partition coefficient (Wildman–Crippen LogP) is 4.10. The molecule has 0 bridgehead atoms. The molecule has 1 unspecified atom stereocenters. The standard InChI is InChI=1S/C14H14BrFN2OS/c1-3-9-7-17-14(20-9)8(2)18-13(19)10-5-4-6-11(15)12(10)16/h4-8H,3H2,1-2H3,(H,18,19). The van der Waals surface area contributed by atoms with Crippen molar-refractivity contribution in [2.24, 2.45) is 0 Å². The van der Waals surface area contributed by atoms with Crippen LogP contribution in [0.15, 0.2) is 28.9 Å². The van der Waals surface area contributed by atoms with Crippen molar-refractivity contribution >= 4 is 33.2 Å². The molecule has 20 heavy (non-hydrogen) atoms. The fourth-order valence-electron chi connectivity index (χ4n) is 1.70. The highest BCUT2D eigenvalue weighted by atomic mass is 79.9. The molecule has 1 aromatic carbocycles. The Morgan fingerprint density at radius 2 is 2.30 bits per heavy atom. The summed E-state index contributed by atoms with van der Waals surface area (Å²) in [4.78, 5) is 17.5. The number of carbonyl (C=O) groups excluding carboxylic acids is 1. The number of nitrogens with zero attached hydrogens (tertiary/aromatic N) is 1. The maximum absolute atomic E-state index is 13.8. The first-order valence-electron chi connectivity index (χ1n) is 6.22. The molecule has 0 saturated heterocycles. The van der Waals surface area contributed by atoms with Crippen LogP contribution in [-0.2, 0) is 6.42 Å². The van der Waals surface area contributed by atoms with E-state index in [-0.39, 0.29) is 16.1 Å². The molecular weight excluding hydrogens is 343 g/mol. The van der Waals surface area contributed by atoms with E-state index in [9.17, 15) is 9.18 Å². The number of benzene rings is 1. The number of nitrogens with one attached hydrogen (secondary N) is 1. The summed E-state index contributed by atoms with van der Waals surface area (Å²) in [6, 6.07) is 4.41. The smallest absolute Gasteiger partial charge is 0.254 e. The molecular formula is C14H14BrFN2OS. The van der Waals surface area contributed by atoms with E-state index >= 15 is 0 Å². The maximum atomic E-state index is 13.8. The lowest BCUT2D eigenvalue weighted by molar-refractivity contribution is 0.0935. The van der Waals surface area contributed by atoms with Gasteiger partial charge in [0.2, 0.25) is 0 Å². The Bertz CT molecular complexity index is 629. The fraction of sp³-hybridized carbons (Fsp3) is 0.286. The number of rotatable bonds is 4. The molecule has 1 atom stereocenters. The van der Waals surface area contributed by atoms with Gasteiger partial charge in [-0.3, -0.25) is 4.79 Å². The lowest BCUT2D eigenvalue weighted by Crippen LogP contribution is -2.27. The molecule has 1 aromatic heterocycles. The van der Waals surface area contributed by atoms with Crippen molar-refractivity contribution in [2.75, 3.05) is 0 Å². The lowest BCUT2D eigenvalue weighted by Gasteiger charge is -2.12. The van der Waals surface area contributed by atoms with E-state index in [0.29, 0.717) is 0 Å². The van der Waals surface area contributed by atoms with E-state index in [4.69, 9.17) is 0 Å². The minimum Gasteiger partial charge on any atom is -0.343 e. The van der Waals surface area contributed by atoms with Gasteiger partial charge in [-0.2, -0.15) is 0 Å². The molecule has 2 rings (SSSR count). The number of carbonyl (C=O) groups is 1. The van der Waals surface area contributed by atoms with Crippen molar-refractivity contribution in [3.05, 3.63) is 50.1 Å². The number of halogens is 2. The summed E-state index contributed by atoms with van der Waals surface area (Å²) in [5.74, 6) is -0.991. The molecule has 1 heterocycles. The van der Waals surface area contributed by atoms with Gasteiger partial charge in [0.1, 0.15) is 10.8 Å². The number of hydrogen-bond donors (Lipinski definition) is 1. The van der Waals surface area contributed by atoms with Crippen LogP contribution in [0.5, 0.6) is 0 Å². The van der Waals surface area contributed by atoms with Crippen LogP contribution in [0.2, 0.25) is 0 Å². The van der Waals surface area contributed by atoms with Crippen molar-refractivity contribution in [1.82, 2.24) is 10.3 Å². The Balaban J connectivity index is 2.13. The zero-order valence-electron chi connectivity index (χ0n) is 11.1. The third-order valence-corrected chi connectivity index (χ3v) is 4.77. The third kappa shape index (κ3) is 3.24. The molecule has 0 radical (unpaired) electrons. The zero-order chi connectivity index (χ0) is 14.7. The largest absolute Gasteiger partial charge is 0.343 e. The number of aryl methyl sites for hydroxylation is 1. The van der Waals surface area contributed by atoms with Crippen LogP contribution in [-0.4, -0.2) is 10.9 Å². The summed E-state index contributed by atoms with van der Waals surface area (Å²) in [6.07, 6.45) is 2.72. The summed E-state index contributed by atoms with van der Waals surface area (Å²) in [7, 11) is 0. The monoisotopic (exact) mass is 356 g/mol. The van der Waals surface area contributed by atoms with Crippen LogP contribution in [0.25, 0.3) is 0 Å². The van der Waals surface area contributed by atoms with E-state index in [2.05, 4.69) is 33.2 Å². The normalized spacial score (nSPS) is 12.2. The van der Waals surface area contributed by atoms with E-state index in [0.717, 1.165) is 16.3 Å². The van der Waals surface area contributed by atoms with Crippen molar-refractivity contribution in [2.45, 2.75) is 26.3 Å². The van der Waals surface area contributed by atoms with Crippen LogP contribution >= 0.6 is 27.3 Å². The van der Waals surface area contributed by atoms with Crippen molar-refractivity contribution in [1.29, 1.82) is 0 Å². The summed E-state index contributed by atoms with van der Waals surface area (Å²) >= 11 is 4.63. The second-order valence-electron chi connectivity index (χ2n) is 4.31. The van der Waals surface area contributed by atoms with Gasteiger partial charge >= 0.3 is 0 Å². The van der Waals surface area contributed by atoms with E-state index < -0.39 is 11.7 Å². The molecule has 3 nitrogen and oxygen atoms in total. The van der Waals surface area contributed by atoms with Crippen LogP contribution in [0.4, 0.5) is 4.39 Å². The highest BCUT2D eigenvalue weighted by Crippen LogP contribution is 2.22. The molecule has 0 aliphatic rings. The number of aromatic nitrogens is 1. The summed E-state index contributed by atoms with van der Waals surface area (Å²) in [5, 5.41) is 3.59. The van der Waals surface area contributed by atoms with Gasteiger partial charge in [0.25, 0.3) is 5.91 Å². The molecule has 0 aliphatic heterocycles. The second-order valence-corrected chi connectivity index (χ2v) is 6.32.